The molecule has 3 heteroatoms. The molecule has 3 nitrogen and oxygen atoms in total. The molecule has 1 fully saturated rings. The number of rotatable bonds is 6. The minimum absolute atomic E-state index is 0.182. The Bertz CT molecular complexity index is 462. The van der Waals surface area contributed by atoms with Crippen LogP contribution in [-0.2, 0) is 11.2 Å². The van der Waals surface area contributed by atoms with Gasteiger partial charge >= 0.3 is 0 Å². The van der Waals surface area contributed by atoms with E-state index in [0.717, 1.165) is 30.7 Å². The van der Waals surface area contributed by atoms with Gasteiger partial charge in [0.05, 0.1) is 0 Å². The highest BCUT2D eigenvalue weighted by Crippen LogP contribution is 2.40. The van der Waals surface area contributed by atoms with Gasteiger partial charge in [0.2, 0.25) is 5.91 Å². The molecule has 1 saturated carbocycles. The molecule has 22 heavy (non-hydrogen) atoms. The highest BCUT2D eigenvalue weighted by atomic mass is 16.1. The summed E-state index contributed by atoms with van der Waals surface area (Å²) in [4.78, 5) is 16.2. The maximum atomic E-state index is 12.1. The number of amides is 1. The van der Waals surface area contributed by atoms with Crippen molar-refractivity contribution in [1.29, 1.82) is 0 Å². The molecule has 122 valence electrons. The van der Waals surface area contributed by atoms with Crippen LogP contribution in [0.2, 0.25) is 0 Å². The molecule has 1 amide bonds. The fourth-order valence-electron chi connectivity index (χ4n) is 3.41. The number of nitrogens with one attached hydrogen (secondary N) is 1. The molecular formula is C19H30N2O. The van der Waals surface area contributed by atoms with E-state index >= 15 is 0 Å². The summed E-state index contributed by atoms with van der Waals surface area (Å²) in [5.41, 5.74) is 1.57. The van der Waals surface area contributed by atoms with Crippen LogP contribution in [-0.4, -0.2) is 16.9 Å². The predicted molar refractivity (Wildman–Crippen MR) is 90.5 cm³/mol. The van der Waals surface area contributed by atoms with Gasteiger partial charge in [-0.3, -0.25) is 9.78 Å². The van der Waals surface area contributed by atoms with Gasteiger partial charge in [-0.2, -0.15) is 0 Å². The second kappa shape index (κ2) is 7.75. The minimum atomic E-state index is 0.182. The number of aryl methyl sites for hydroxylation is 1. The van der Waals surface area contributed by atoms with Gasteiger partial charge in [0.25, 0.3) is 0 Å². The third-order valence-electron chi connectivity index (χ3n) is 5.47. The van der Waals surface area contributed by atoms with E-state index in [1.54, 1.807) is 6.20 Å². The van der Waals surface area contributed by atoms with Crippen LogP contribution >= 0.6 is 0 Å². The Morgan fingerprint density at radius 2 is 2.05 bits per heavy atom. The number of aromatic nitrogens is 1. The number of carbonyl (C=O) groups is 1. The highest BCUT2D eigenvalue weighted by molar-refractivity contribution is 5.76. The first-order valence-electron chi connectivity index (χ1n) is 8.69. The van der Waals surface area contributed by atoms with E-state index in [1.807, 2.05) is 18.3 Å². The lowest BCUT2D eigenvalue weighted by Crippen LogP contribution is -2.40. The smallest absolute Gasteiger partial charge is 0.220 e. The Kier molecular flexibility index (Phi) is 5.98. The Morgan fingerprint density at radius 3 is 2.64 bits per heavy atom. The van der Waals surface area contributed by atoms with Crippen LogP contribution < -0.4 is 5.32 Å². The normalized spacial score (nSPS) is 22.3. The monoisotopic (exact) mass is 302 g/mol. The SMILES string of the molecule is CCC(C)(C)C1CCC(NC(=O)CCc2cccnc2)CC1. The summed E-state index contributed by atoms with van der Waals surface area (Å²) in [7, 11) is 0. The zero-order valence-corrected chi connectivity index (χ0v) is 14.3. The largest absolute Gasteiger partial charge is 0.353 e. The molecule has 1 aliphatic carbocycles. The average molecular weight is 302 g/mol. The summed E-state index contributed by atoms with van der Waals surface area (Å²) in [6.45, 7) is 7.04. The minimum Gasteiger partial charge on any atom is -0.353 e. The Labute approximate surface area is 134 Å². The first-order valence-corrected chi connectivity index (χ1v) is 8.69. The number of hydrogen-bond acceptors (Lipinski definition) is 2. The first-order chi connectivity index (χ1) is 10.5. The topological polar surface area (TPSA) is 42.0 Å². The number of pyridine rings is 1. The standard InChI is InChI=1S/C19H30N2O/c1-4-19(2,3)16-8-10-17(11-9-16)21-18(22)12-7-15-6-5-13-20-14-15/h5-6,13-14,16-17H,4,7-12H2,1-3H3,(H,21,22). The van der Waals surface area contributed by atoms with E-state index in [2.05, 4.69) is 31.1 Å². The maximum Gasteiger partial charge on any atom is 0.220 e. The van der Waals surface area contributed by atoms with Gasteiger partial charge in [-0.05, 0) is 55.1 Å². The van der Waals surface area contributed by atoms with Crippen LogP contribution in [0.25, 0.3) is 0 Å². The zero-order chi connectivity index (χ0) is 16.0. The molecule has 1 aromatic rings. The van der Waals surface area contributed by atoms with Gasteiger partial charge in [-0.15, -0.1) is 0 Å². The molecule has 1 N–H and O–H groups in total. The molecule has 0 saturated heterocycles. The Morgan fingerprint density at radius 1 is 1.32 bits per heavy atom. The number of nitrogens with zero attached hydrogens (tertiary/aromatic N) is 1. The summed E-state index contributed by atoms with van der Waals surface area (Å²) >= 11 is 0. The van der Waals surface area contributed by atoms with E-state index in [4.69, 9.17) is 0 Å². The lowest BCUT2D eigenvalue weighted by molar-refractivity contribution is -0.122. The molecule has 0 aliphatic heterocycles. The van der Waals surface area contributed by atoms with Gasteiger partial charge < -0.3 is 5.32 Å². The van der Waals surface area contributed by atoms with Crippen molar-refractivity contribution in [3.8, 4) is 0 Å². The van der Waals surface area contributed by atoms with E-state index < -0.39 is 0 Å². The Hall–Kier alpha value is -1.38. The molecule has 0 bridgehead atoms. The maximum absolute atomic E-state index is 12.1. The van der Waals surface area contributed by atoms with Crippen molar-refractivity contribution in [1.82, 2.24) is 10.3 Å². The quantitative estimate of drug-likeness (QED) is 0.858. The van der Waals surface area contributed by atoms with Crippen LogP contribution in [0, 0.1) is 11.3 Å². The third kappa shape index (κ3) is 4.82. The molecule has 0 unspecified atom stereocenters. The van der Waals surface area contributed by atoms with E-state index in [-0.39, 0.29) is 5.91 Å². The average Bonchev–Trinajstić information content (AvgIpc) is 2.54. The molecule has 0 spiro atoms. The predicted octanol–water partition coefficient (Wildman–Crippen LogP) is 4.13. The molecule has 2 rings (SSSR count). The third-order valence-corrected chi connectivity index (χ3v) is 5.47. The molecular weight excluding hydrogens is 272 g/mol. The zero-order valence-electron chi connectivity index (χ0n) is 14.3. The first kappa shape index (κ1) is 17.0. The summed E-state index contributed by atoms with van der Waals surface area (Å²) in [6, 6.07) is 4.33. The lowest BCUT2D eigenvalue weighted by Gasteiger charge is -2.39. The highest BCUT2D eigenvalue weighted by Gasteiger charge is 2.32. The van der Waals surface area contributed by atoms with Crippen molar-refractivity contribution in [2.24, 2.45) is 11.3 Å². The van der Waals surface area contributed by atoms with Crippen LogP contribution in [0.15, 0.2) is 24.5 Å². The second-order valence-corrected chi connectivity index (χ2v) is 7.32. The van der Waals surface area contributed by atoms with Crippen molar-refractivity contribution in [2.75, 3.05) is 0 Å². The number of hydrogen-bond donors (Lipinski definition) is 1. The van der Waals surface area contributed by atoms with Gasteiger partial charge in [0.1, 0.15) is 0 Å². The Balaban J connectivity index is 1.71. The van der Waals surface area contributed by atoms with Gasteiger partial charge in [-0.1, -0.05) is 33.3 Å². The van der Waals surface area contributed by atoms with Crippen LogP contribution in [0.5, 0.6) is 0 Å². The van der Waals surface area contributed by atoms with Gasteiger partial charge in [0, 0.05) is 24.9 Å². The molecule has 0 atom stereocenters. The fraction of sp³-hybridized carbons (Fsp3) is 0.684. The van der Waals surface area contributed by atoms with Crippen molar-refractivity contribution in [3.63, 3.8) is 0 Å². The van der Waals surface area contributed by atoms with Crippen molar-refractivity contribution in [3.05, 3.63) is 30.1 Å². The van der Waals surface area contributed by atoms with E-state index in [9.17, 15) is 4.79 Å². The van der Waals surface area contributed by atoms with Crippen molar-refractivity contribution in [2.45, 2.75) is 71.8 Å². The summed E-state index contributed by atoms with van der Waals surface area (Å²) in [6.07, 6.45) is 10.9. The summed E-state index contributed by atoms with van der Waals surface area (Å²) in [5, 5.41) is 3.22. The van der Waals surface area contributed by atoms with E-state index in [1.165, 1.54) is 19.3 Å². The van der Waals surface area contributed by atoms with Gasteiger partial charge in [-0.25, -0.2) is 0 Å². The van der Waals surface area contributed by atoms with Crippen LogP contribution in [0.3, 0.4) is 0 Å². The molecule has 1 aromatic heterocycles. The van der Waals surface area contributed by atoms with E-state index in [0.29, 0.717) is 17.9 Å². The molecule has 0 aromatic carbocycles. The fourth-order valence-corrected chi connectivity index (χ4v) is 3.41. The molecule has 0 radical (unpaired) electrons. The van der Waals surface area contributed by atoms with Crippen LogP contribution in [0.4, 0.5) is 0 Å². The molecule has 1 heterocycles. The second-order valence-electron chi connectivity index (χ2n) is 7.32. The summed E-state index contributed by atoms with van der Waals surface area (Å²) < 4.78 is 0. The van der Waals surface area contributed by atoms with Gasteiger partial charge in [0.15, 0.2) is 0 Å². The molecule has 1 aliphatic rings. The number of carbonyl (C=O) groups excluding carboxylic acids is 1. The van der Waals surface area contributed by atoms with Crippen molar-refractivity contribution >= 4 is 5.91 Å². The summed E-state index contributed by atoms with van der Waals surface area (Å²) in [5.74, 6) is 0.989. The van der Waals surface area contributed by atoms with Crippen LogP contribution in [0.1, 0.15) is 64.9 Å². The van der Waals surface area contributed by atoms with Crippen molar-refractivity contribution < 1.29 is 4.79 Å². The lowest BCUT2D eigenvalue weighted by atomic mass is 9.69.